The molecule has 2 aromatic rings. The van der Waals surface area contributed by atoms with Crippen LogP contribution in [0.25, 0.3) is 0 Å². The second-order valence-electron chi connectivity index (χ2n) is 6.51. The molecule has 1 heterocycles. The summed E-state index contributed by atoms with van der Waals surface area (Å²) < 4.78 is 47.2. The van der Waals surface area contributed by atoms with Crippen LogP contribution in [0.4, 0.5) is 4.39 Å². The van der Waals surface area contributed by atoms with E-state index in [-0.39, 0.29) is 23.1 Å². The highest BCUT2D eigenvalue weighted by Gasteiger charge is 2.34. The molecule has 0 unspecified atom stereocenters. The van der Waals surface area contributed by atoms with Gasteiger partial charge in [0.1, 0.15) is 12.4 Å². The zero-order valence-corrected chi connectivity index (χ0v) is 17.1. The van der Waals surface area contributed by atoms with Gasteiger partial charge in [-0.3, -0.25) is 9.48 Å². The fourth-order valence-corrected chi connectivity index (χ4v) is 5.05. The van der Waals surface area contributed by atoms with Gasteiger partial charge in [0.2, 0.25) is 10.0 Å². The molecule has 0 spiro atoms. The number of benzene rings is 1. The molecule has 0 N–H and O–H groups in total. The molecule has 152 valence electrons. The van der Waals surface area contributed by atoms with E-state index in [4.69, 9.17) is 16.3 Å². The number of hydrogen-bond donors (Lipinski definition) is 0. The van der Waals surface area contributed by atoms with E-state index in [2.05, 4.69) is 5.10 Å². The predicted molar refractivity (Wildman–Crippen MR) is 101 cm³/mol. The van der Waals surface area contributed by atoms with Crippen LogP contribution in [0.15, 0.2) is 29.3 Å². The molecule has 0 aliphatic heterocycles. The van der Waals surface area contributed by atoms with Crippen LogP contribution in [-0.4, -0.2) is 42.1 Å². The lowest BCUT2D eigenvalue weighted by Gasteiger charge is -2.31. The minimum atomic E-state index is -3.89. The van der Waals surface area contributed by atoms with Crippen molar-refractivity contribution in [2.75, 3.05) is 13.7 Å². The Kier molecular flexibility index (Phi) is 6.07. The van der Waals surface area contributed by atoms with Crippen LogP contribution < -0.4 is 0 Å². The third kappa shape index (κ3) is 3.92. The van der Waals surface area contributed by atoms with Gasteiger partial charge in [-0.25, -0.2) is 12.8 Å². The zero-order valence-electron chi connectivity index (χ0n) is 15.6. The first-order valence-electron chi connectivity index (χ1n) is 8.89. The van der Waals surface area contributed by atoms with Gasteiger partial charge in [0.05, 0.1) is 28.8 Å². The molecule has 1 aromatic carbocycles. The van der Waals surface area contributed by atoms with Crippen LogP contribution in [0.2, 0.25) is 5.02 Å². The van der Waals surface area contributed by atoms with Crippen LogP contribution in [0.3, 0.4) is 0 Å². The Bertz CT molecular complexity index is 993. The van der Waals surface area contributed by atoms with Crippen molar-refractivity contribution in [2.24, 2.45) is 0 Å². The van der Waals surface area contributed by atoms with Crippen molar-refractivity contribution in [3.8, 4) is 0 Å². The summed E-state index contributed by atoms with van der Waals surface area (Å²) in [5, 5.41) is 4.01. The third-order valence-corrected chi connectivity index (χ3v) is 6.97. The molecule has 0 radical (unpaired) electrons. The van der Waals surface area contributed by atoms with Crippen LogP contribution >= 0.6 is 11.6 Å². The highest BCUT2D eigenvalue weighted by molar-refractivity contribution is 7.89. The number of nitrogens with zero attached hydrogens (tertiary/aromatic N) is 3. The number of carbonyl (C=O) groups excluding carboxylic acids is 1. The SMILES string of the molecule is CCOC(=O)Cn1ncc2c1CCC[C@H]2N(C)S(=O)(=O)c1ccc(F)c(Cl)c1. The van der Waals surface area contributed by atoms with E-state index >= 15 is 0 Å². The van der Waals surface area contributed by atoms with Gasteiger partial charge in [-0.05, 0) is 44.4 Å². The number of aromatic nitrogens is 2. The molecular formula is C18H21ClFN3O4S. The number of rotatable bonds is 6. The number of esters is 1. The summed E-state index contributed by atoms with van der Waals surface area (Å²) in [6.45, 7) is 2.00. The highest BCUT2D eigenvalue weighted by Crippen LogP contribution is 2.36. The molecule has 7 nitrogen and oxygen atoms in total. The van der Waals surface area contributed by atoms with Gasteiger partial charge in [0.15, 0.2) is 0 Å². The maximum absolute atomic E-state index is 13.4. The van der Waals surface area contributed by atoms with Crippen molar-refractivity contribution in [3.05, 3.63) is 46.5 Å². The second-order valence-corrected chi connectivity index (χ2v) is 8.92. The van der Waals surface area contributed by atoms with E-state index in [1.54, 1.807) is 17.8 Å². The number of hydrogen-bond acceptors (Lipinski definition) is 5. The fourth-order valence-electron chi connectivity index (χ4n) is 3.41. The van der Waals surface area contributed by atoms with Gasteiger partial charge in [-0.2, -0.15) is 9.40 Å². The Morgan fingerprint density at radius 2 is 2.21 bits per heavy atom. The number of halogens is 2. The molecule has 0 saturated carbocycles. The number of fused-ring (bicyclic) bond motifs is 1. The lowest BCUT2D eigenvalue weighted by atomic mass is 9.93. The van der Waals surface area contributed by atoms with Gasteiger partial charge in [-0.15, -0.1) is 0 Å². The van der Waals surface area contributed by atoms with Crippen molar-refractivity contribution < 1.29 is 22.3 Å². The molecule has 0 saturated heterocycles. The molecule has 3 rings (SSSR count). The molecule has 10 heteroatoms. The van der Waals surface area contributed by atoms with Crippen molar-refractivity contribution >= 4 is 27.6 Å². The lowest BCUT2D eigenvalue weighted by molar-refractivity contribution is -0.144. The highest BCUT2D eigenvalue weighted by atomic mass is 35.5. The Hall–Kier alpha value is -1.97. The molecule has 0 bridgehead atoms. The van der Waals surface area contributed by atoms with Crippen molar-refractivity contribution in [2.45, 2.75) is 43.7 Å². The molecule has 0 fully saturated rings. The van der Waals surface area contributed by atoms with Crippen molar-refractivity contribution in [1.82, 2.24) is 14.1 Å². The quantitative estimate of drug-likeness (QED) is 0.659. The summed E-state index contributed by atoms with van der Waals surface area (Å²) in [6, 6.07) is 2.90. The van der Waals surface area contributed by atoms with E-state index in [1.807, 2.05) is 0 Å². The first kappa shape index (κ1) is 20.8. The first-order valence-corrected chi connectivity index (χ1v) is 10.7. The zero-order chi connectivity index (χ0) is 20.5. The van der Waals surface area contributed by atoms with E-state index in [0.29, 0.717) is 12.8 Å². The summed E-state index contributed by atoms with van der Waals surface area (Å²) in [7, 11) is -2.41. The normalized spacial score (nSPS) is 16.8. The number of carbonyl (C=O) groups is 1. The Labute approximate surface area is 168 Å². The summed E-state index contributed by atoms with van der Waals surface area (Å²) in [5.41, 5.74) is 1.58. The second kappa shape index (κ2) is 8.18. The van der Waals surface area contributed by atoms with E-state index in [9.17, 15) is 17.6 Å². The topological polar surface area (TPSA) is 81.5 Å². The predicted octanol–water partition coefficient (Wildman–Crippen LogP) is 2.94. The van der Waals surface area contributed by atoms with Crippen molar-refractivity contribution in [1.29, 1.82) is 0 Å². The average molecular weight is 430 g/mol. The standard InChI is InChI=1S/C18H21ClFN3O4S/c1-3-27-18(24)11-23-17-6-4-5-16(13(17)10-21-23)22(2)28(25,26)12-7-8-15(20)14(19)9-12/h7-10,16H,3-6,11H2,1-2H3/t16-/m1/s1. The largest absolute Gasteiger partial charge is 0.465 e. The third-order valence-electron chi connectivity index (χ3n) is 4.82. The van der Waals surface area contributed by atoms with Gasteiger partial charge in [-0.1, -0.05) is 11.6 Å². The number of ether oxygens (including phenoxy) is 1. The van der Waals surface area contributed by atoms with Crippen LogP contribution in [0.5, 0.6) is 0 Å². The average Bonchev–Trinajstić information content (AvgIpc) is 3.06. The van der Waals surface area contributed by atoms with Gasteiger partial charge >= 0.3 is 5.97 Å². The molecule has 0 amide bonds. The Morgan fingerprint density at radius 1 is 1.46 bits per heavy atom. The van der Waals surface area contributed by atoms with Gasteiger partial charge < -0.3 is 4.74 Å². The molecule has 1 aromatic heterocycles. The molecule has 1 aliphatic rings. The van der Waals surface area contributed by atoms with Gasteiger partial charge in [0, 0.05) is 18.3 Å². The minimum absolute atomic E-state index is 0.0140. The summed E-state index contributed by atoms with van der Waals surface area (Å²) in [6.07, 6.45) is 3.66. The van der Waals surface area contributed by atoms with E-state index < -0.39 is 27.9 Å². The van der Waals surface area contributed by atoms with Crippen LogP contribution in [0.1, 0.15) is 37.1 Å². The summed E-state index contributed by atoms with van der Waals surface area (Å²) >= 11 is 5.75. The lowest BCUT2D eigenvalue weighted by Crippen LogP contribution is -2.33. The van der Waals surface area contributed by atoms with Gasteiger partial charge in [0.25, 0.3) is 0 Å². The van der Waals surface area contributed by atoms with E-state index in [0.717, 1.165) is 29.8 Å². The maximum atomic E-state index is 13.4. The Balaban J connectivity index is 1.90. The molecule has 28 heavy (non-hydrogen) atoms. The van der Waals surface area contributed by atoms with Crippen LogP contribution in [-0.2, 0) is 32.5 Å². The van der Waals surface area contributed by atoms with Crippen molar-refractivity contribution in [3.63, 3.8) is 0 Å². The number of sulfonamides is 1. The first-order chi connectivity index (χ1) is 13.3. The smallest absolute Gasteiger partial charge is 0.327 e. The minimum Gasteiger partial charge on any atom is -0.465 e. The summed E-state index contributed by atoms with van der Waals surface area (Å²) in [5.74, 6) is -1.07. The monoisotopic (exact) mass is 429 g/mol. The van der Waals surface area contributed by atoms with Crippen LogP contribution in [0, 0.1) is 5.82 Å². The molecule has 1 atom stereocenters. The Morgan fingerprint density at radius 3 is 2.89 bits per heavy atom. The molecular weight excluding hydrogens is 409 g/mol. The molecule has 1 aliphatic carbocycles. The van der Waals surface area contributed by atoms with E-state index in [1.165, 1.54) is 17.4 Å². The summed E-state index contributed by atoms with van der Waals surface area (Å²) in [4.78, 5) is 11.7. The fraction of sp³-hybridized carbons (Fsp3) is 0.444. The maximum Gasteiger partial charge on any atom is 0.327 e.